The van der Waals surface area contributed by atoms with E-state index in [1.165, 1.54) is 25.8 Å². The molecule has 0 aromatic carbocycles. The summed E-state index contributed by atoms with van der Waals surface area (Å²) in [6.07, 6.45) is 4.45. The third-order valence-corrected chi connectivity index (χ3v) is 5.52. The zero-order valence-corrected chi connectivity index (χ0v) is 13.4. The van der Waals surface area contributed by atoms with E-state index in [4.69, 9.17) is 4.74 Å². The first-order valence-corrected chi connectivity index (χ1v) is 8.40. The number of rotatable bonds is 4. The quantitative estimate of drug-likeness (QED) is 0.837. The Balaban J connectivity index is 1.61. The van der Waals surface area contributed by atoms with E-state index in [1.54, 1.807) is 0 Å². The number of hydrogen-bond acceptors (Lipinski definition) is 4. The van der Waals surface area contributed by atoms with Crippen molar-refractivity contribution in [2.75, 3.05) is 46.4 Å². The summed E-state index contributed by atoms with van der Waals surface area (Å²) in [6.45, 7) is 11.2. The number of nitrogens with one attached hydrogen (secondary N) is 1. The summed E-state index contributed by atoms with van der Waals surface area (Å²) in [5, 5.41) is 3.84. The maximum absolute atomic E-state index is 5.98. The van der Waals surface area contributed by atoms with E-state index in [9.17, 15) is 0 Å². The van der Waals surface area contributed by atoms with Gasteiger partial charge in [-0.1, -0.05) is 6.92 Å². The average molecular weight is 281 g/mol. The number of morpholine rings is 1. The molecule has 0 amide bonds. The van der Waals surface area contributed by atoms with E-state index in [1.807, 2.05) is 0 Å². The lowest BCUT2D eigenvalue weighted by molar-refractivity contribution is -0.0528. The lowest BCUT2D eigenvalue weighted by Gasteiger charge is -2.48. The van der Waals surface area contributed by atoms with Crippen LogP contribution < -0.4 is 5.32 Å². The molecule has 0 aromatic rings. The van der Waals surface area contributed by atoms with E-state index in [0.717, 1.165) is 38.7 Å². The van der Waals surface area contributed by atoms with Crippen molar-refractivity contribution in [1.29, 1.82) is 0 Å². The molecule has 1 N–H and O–H groups in total. The lowest BCUT2D eigenvalue weighted by atomic mass is 9.90. The Labute approximate surface area is 123 Å². The van der Waals surface area contributed by atoms with Crippen LogP contribution >= 0.6 is 0 Å². The molecule has 1 aliphatic carbocycles. The fourth-order valence-corrected chi connectivity index (χ4v) is 3.94. The summed E-state index contributed by atoms with van der Waals surface area (Å²) in [6, 6.07) is 0.678. The SMILES string of the molecule is CCC1CNC(C)(C2CC2)CN1CC1CN(C)CCO1. The highest BCUT2D eigenvalue weighted by Gasteiger charge is 2.46. The van der Waals surface area contributed by atoms with Gasteiger partial charge in [-0.05, 0) is 39.2 Å². The molecule has 3 unspecified atom stereocenters. The molecule has 4 heteroatoms. The average Bonchev–Trinajstić information content (AvgIpc) is 3.24. The van der Waals surface area contributed by atoms with Crippen LogP contribution in [0.4, 0.5) is 0 Å². The second-order valence-electron chi connectivity index (χ2n) is 7.32. The van der Waals surface area contributed by atoms with Crippen LogP contribution in [0.15, 0.2) is 0 Å². The van der Waals surface area contributed by atoms with Crippen molar-refractivity contribution < 1.29 is 4.74 Å². The topological polar surface area (TPSA) is 27.7 Å². The van der Waals surface area contributed by atoms with E-state index >= 15 is 0 Å². The fraction of sp³-hybridized carbons (Fsp3) is 1.00. The molecule has 3 aliphatic rings. The van der Waals surface area contributed by atoms with Gasteiger partial charge in [-0.25, -0.2) is 0 Å². The van der Waals surface area contributed by atoms with Crippen molar-refractivity contribution in [1.82, 2.24) is 15.1 Å². The number of piperazine rings is 1. The van der Waals surface area contributed by atoms with Gasteiger partial charge in [-0.3, -0.25) is 4.90 Å². The van der Waals surface area contributed by atoms with Gasteiger partial charge in [0, 0.05) is 44.3 Å². The van der Waals surface area contributed by atoms with Crippen LogP contribution in [0.3, 0.4) is 0 Å². The Morgan fingerprint density at radius 2 is 2.15 bits per heavy atom. The maximum atomic E-state index is 5.98. The van der Waals surface area contributed by atoms with Gasteiger partial charge in [-0.15, -0.1) is 0 Å². The second-order valence-corrected chi connectivity index (χ2v) is 7.32. The van der Waals surface area contributed by atoms with Crippen molar-refractivity contribution in [3.05, 3.63) is 0 Å². The minimum absolute atomic E-state index is 0.340. The minimum Gasteiger partial charge on any atom is -0.374 e. The van der Waals surface area contributed by atoms with Gasteiger partial charge in [0.1, 0.15) is 0 Å². The van der Waals surface area contributed by atoms with Crippen LogP contribution in [0, 0.1) is 5.92 Å². The molecule has 2 aliphatic heterocycles. The molecule has 1 saturated carbocycles. The van der Waals surface area contributed by atoms with Gasteiger partial charge in [0.15, 0.2) is 0 Å². The predicted molar refractivity (Wildman–Crippen MR) is 82.0 cm³/mol. The Kier molecular flexibility index (Phi) is 4.37. The highest BCUT2D eigenvalue weighted by molar-refractivity contribution is 5.04. The summed E-state index contributed by atoms with van der Waals surface area (Å²) in [5.74, 6) is 0.901. The van der Waals surface area contributed by atoms with Crippen LogP contribution in [0.1, 0.15) is 33.1 Å². The van der Waals surface area contributed by atoms with Gasteiger partial charge < -0.3 is 15.0 Å². The molecule has 0 aromatic heterocycles. The van der Waals surface area contributed by atoms with Gasteiger partial charge in [0.25, 0.3) is 0 Å². The summed E-state index contributed by atoms with van der Waals surface area (Å²) in [7, 11) is 2.21. The zero-order valence-electron chi connectivity index (χ0n) is 13.4. The minimum atomic E-state index is 0.340. The molecule has 3 rings (SSSR count). The van der Waals surface area contributed by atoms with E-state index in [-0.39, 0.29) is 0 Å². The largest absolute Gasteiger partial charge is 0.374 e. The Bertz CT molecular complexity index is 334. The number of nitrogens with zero attached hydrogens (tertiary/aromatic N) is 2. The third-order valence-electron chi connectivity index (χ3n) is 5.52. The van der Waals surface area contributed by atoms with Gasteiger partial charge in [0.2, 0.25) is 0 Å². The van der Waals surface area contributed by atoms with Crippen molar-refractivity contribution in [3.63, 3.8) is 0 Å². The standard InChI is InChI=1S/C16H31N3O/c1-4-14-9-17-16(2,13-5-6-13)12-19(14)11-15-10-18(3)7-8-20-15/h13-15,17H,4-12H2,1-3H3. The summed E-state index contributed by atoms with van der Waals surface area (Å²) >= 11 is 0. The molecule has 0 radical (unpaired) electrons. The van der Waals surface area contributed by atoms with Crippen molar-refractivity contribution in [2.45, 2.75) is 50.8 Å². The third kappa shape index (κ3) is 3.19. The highest BCUT2D eigenvalue weighted by Crippen LogP contribution is 2.41. The van der Waals surface area contributed by atoms with Gasteiger partial charge in [0.05, 0.1) is 12.7 Å². The van der Waals surface area contributed by atoms with Crippen LogP contribution in [0.2, 0.25) is 0 Å². The van der Waals surface area contributed by atoms with Crippen LogP contribution in [0.25, 0.3) is 0 Å². The highest BCUT2D eigenvalue weighted by atomic mass is 16.5. The van der Waals surface area contributed by atoms with Crippen molar-refractivity contribution in [2.24, 2.45) is 5.92 Å². The van der Waals surface area contributed by atoms with Gasteiger partial charge in [-0.2, -0.15) is 0 Å². The smallest absolute Gasteiger partial charge is 0.0829 e. The number of likely N-dealkylation sites (N-methyl/N-ethyl adjacent to an activating group) is 1. The van der Waals surface area contributed by atoms with Crippen LogP contribution in [-0.4, -0.2) is 73.9 Å². The van der Waals surface area contributed by atoms with Crippen molar-refractivity contribution in [3.8, 4) is 0 Å². The predicted octanol–water partition coefficient (Wildman–Crippen LogP) is 1.17. The zero-order chi connectivity index (χ0) is 14.2. The fourth-order valence-electron chi connectivity index (χ4n) is 3.94. The second kappa shape index (κ2) is 5.91. The Morgan fingerprint density at radius 1 is 1.35 bits per heavy atom. The molecule has 0 spiro atoms. The lowest BCUT2D eigenvalue weighted by Crippen LogP contribution is -2.65. The molecule has 2 saturated heterocycles. The van der Waals surface area contributed by atoms with E-state index in [2.05, 4.69) is 36.0 Å². The molecule has 0 bridgehead atoms. The van der Waals surface area contributed by atoms with E-state index in [0.29, 0.717) is 17.7 Å². The number of hydrogen-bond donors (Lipinski definition) is 1. The monoisotopic (exact) mass is 281 g/mol. The molecule has 20 heavy (non-hydrogen) atoms. The first-order chi connectivity index (χ1) is 9.60. The maximum Gasteiger partial charge on any atom is 0.0829 e. The van der Waals surface area contributed by atoms with Crippen LogP contribution in [0.5, 0.6) is 0 Å². The summed E-state index contributed by atoms with van der Waals surface area (Å²) in [5.41, 5.74) is 0.340. The molecule has 3 fully saturated rings. The molecule has 4 nitrogen and oxygen atoms in total. The Hall–Kier alpha value is -0.160. The van der Waals surface area contributed by atoms with Crippen molar-refractivity contribution >= 4 is 0 Å². The van der Waals surface area contributed by atoms with Gasteiger partial charge >= 0.3 is 0 Å². The number of ether oxygens (including phenoxy) is 1. The van der Waals surface area contributed by atoms with Crippen LogP contribution in [-0.2, 0) is 4.74 Å². The molecule has 3 atom stereocenters. The molecular formula is C16H31N3O. The summed E-state index contributed by atoms with van der Waals surface area (Å²) < 4.78 is 5.98. The Morgan fingerprint density at radius 3 is 2.80 bits per heavy atom. The molecule has 116 valence electrons. The first-order valence-electron chi connectivity index (χ1n) is 8.40. The summed E-state index contributed by atoms with van der Waals surface area (Å²) in [4.78, 5) is 5.11. The molecular weight excluding hydrogens is 250 g/mol. The normalized spacial score (nSPS) is 41.0. The van der Waals surface area contributed by atoms with E-state index < -0.39 is 0 Å². The molecule has 2 heterocycles. The first kappa shape index (κ1) is 14.8.